The molecule has 1 N–H and O–H groups in total. The van der Waals surface area contributed by atoms with Crippen LogP contribution < -0.4 is 10.2 Å². The van der Waals surface area contributed by atoms with Crippen molar-refractivity contribution >= 4 is 36.4 Å². The largest absolute Gasteiger partial charge is 0.368 e. The minimum Gasteiger partial charge on any atom is -0.368 e. The SMILES string of the molecule is Cl.Cl.O=C(C1CCCNC1)N1CCN(c2ccc(F)cc2)CC1. The van der Waals surface area contributed by atoms with Crippen molar-refractivity contribution in [2.24, 2.45) is 5.92 Å². The predicted octanol–water partition coefficient (Wildman–Crippen LogP) is 2.32. The summed E-state index contributed by atoms with van der Waals surface area (Å²) in [7, 11) is 0. The third-order valence-electron chi connectivity index (χ3n) is 4.43. The van der Waals surface area contributed by atoms with Crippen molar-refractivity contribution in [2.75, 3.05) is 44.2 Å². The minimum absolute atomic E-state index is 0. The second kappa shape index (κ2) is 9.30. The van der Waals surface area contributed by atoms with E-state index >= 15 is 0 Å². The van der Waals surface area contributed by atoms with Crippen molar-refractivity contribution in [3.63, 3.8) is 0 Å². The van der Waals surface area contributed by atoms with Crippen molar-refractivity contribution in [1.29, 1.82) is 0 Å². The van der Waals surface area contributed by atoms with E-state index in [0.29, 0.717) is 5.91 Å². The predicted molar refractivity (Wildman–Crippen MR) is 95.3 cm³/mol. The lowest BCUT2D eigenvalue weighted by atomic mass is 9.98. The minimum atomic E-state index is -0.211. The molecule has 2 aliphatic heterocycles. The lowest BCUT2D eigenvalue weighted by Crippen LogP contribution is -2.52. The molecular weight excluding hydrogens is 340 g/mol. The molecule has 0 aliphatic carbocycles. The van der Waals surface area contributed by atoms with Crippen LogP contribution in [0.25, 0.3) is 0 Å². The number of hydrogen-bond donors (Lipinski definition) is 1. The fourth-order valence-electron chi connectivity index (χ4n) is 3.16. The summed E-state index contributed by atoms with van der Waals surface area (Å²) in [5, 5.41) is 3.30. The fraction of sp³-hybridized carbons (Fsp3) is 0.562. The van der Waals surface area contributed by atoms with E-state index < -0.39 is 0 Å². The molecule has 1 unspecified atom stereocenters. The molecule has 1 aromatic carbocycles. The second-order valence-corrected chi connectivity index (χ2v) is 5.83. The summed E-state index contributed by atoms with van der Waals surface area (Å²) in [5.41, 5.74) is 1.03. The molecule has 1 amide bonds. The average molecular weight is 364 g/mol. The van der Waals surface area contributed by atoms with Crippen LogP contribution in [0.15, 0.2) is 24.3 Å². The second-order valence-electron chi connectivity index (χ2n) is 5.83. The van der Waals surface area contributed by atoms with Gasteiger partial charge in [0, 0.05) is 38.4 Å². The van der Waals surface area contributed by atoms with E-state index in [9.17, 15) is 9.18 Å². The molecule has 0 saturated carbocycles. The fourth-order valence-corrected chi connectivity index (χ4v) is 3.16. The van der Waals surface area contributed by atoms with Crippen molar-refractivity contribution in [3.05, 3.63) is 30.1 Å². The Balaban J connectivity index is 0.00000132. The highest BCUT2D eigenvalue weighted by atomic mass is 35.5. The maximum atomic E-state index is 13.0. The summed E-state index contributed by atoms with van der Waals surface area (Å²) in [6.45, 7) is 4.99. The number of carbonyl (C=O) groups is 1. The standard InChI is InChI=1S/C16H22FN3O.2ClH/c17-14-3-5-15(6-4-14)19-8-10-20(11-9-19)16(21)13-2-1-7-18-12-13;;/h3-6,13,18H,1-2,7-12H2;2*1H. The molecule has 7 heteroatoms. The molecule has 0 aromatic heterocycles. The van der Waals surface area contributed by atoms with Crippen LogP contribution in [0.3, 0.4) is 0 Å². The lowest BCUT2D eigenvalue weighted by molar-refractivity contribution is -0.136. The van der Waals surface area contributed by atoms with Gasteiger partial charge in [0.1, 0.15) is 5.82 Å². The summed E-state index contributed by atoms with van der Waals surface area (Å²) >= 11 is 0. The van der Waals surface area contributed by atoms with Crippen molar-refractivity contribution in [2.45, 2.75) is 12.8 Å². The molecular formula is C16H24Cl2FN3O. The number of benzene rings is 1. The van der Waals surface area contributed by atoms with Gasteiger partial charge in [0.15, 0.2) is 0 Å². The van der Waals surface area contributed by atoms with E-state index in [1.54, 1.807) is 12.1 Å². The molecule has 1 aromatic rings. The molecule has 4 nitrogen and oxygen atoms in total. The quantitative estimate of drug-likeness (QED) is 0.875. The van der Waals surface area contributed by atoms with Gasteiger partial charge >= 0.3 is 0 Å². The van der Waals surface area contributed by atoms with Crippen LogP contribution in [0.2, 0.25) is 0 Å². The summed E-state index contributed by atoms with van der Waals surface area (Å²) in [4.78, 5) is 16.7. The molecule has 130 valence electrons. The van der Waals surface area contributed by atoms with Gasteiger partial charge in [-0.3, -0.25) is 4.79 Å². The number of hydrogen-bond acceptors (Lipinski definition) is 3. The van der Waals surface area contributed by atoms with Crippen LogP contribution >= 0.6 is 24.8 Å². The topological polar surface area (TPSA) is 35.6 Å². The molecule has 2 aliphatic rings. The first-order chi connectivity index (χ1) is 10.2. The van der Waals surface area contributed by atoms with Crippen LogP contribution in [0.1, 0.15) is 12.8 Å². The number of piperazine rings is 1. The Morgan fingerprint density at radius 1 is 1.09 bits per heavy atom. The third-order valence-corrected chi connectivity index (χ3v) is 4.43. The maximum absolute atomic E-state index is 13.0. The normalized spacial score (nSPS) is 21.2. The first-order valence-corrected chi connectivity index (χ1v) is 7.74. The van der Waals surface area contributed by atoms with Gasteiger partial charge in [0.25, 0.3) is 0 Å². The highest BCUT2D eigenvalue weighted by molar-refractivity contribution is 5.85. The van der Waals surface area contributed by atoms with Gasteiger partial charge in [-0.15, -0.1) is 24.8 Å². The van der Waals surface area contributed by atoms with E-state index in [-0.39, 0.29) is 36.5 Å². The zero-order chi connectivity index (χ0) is 14.7. The highest BCUT2D eigenvalue weighted by Gasteiger charge is 2.28. The van der Waals surface area contributed by atoms with E-state index in [4.69, 9.17) is 0 Å². The van der Waals surface area contributed by atoms with E-state index in [2.05, 4.69) is 10.2 Å². The van der Waals surface area contributed by atoms with Crippen LogP contribution in [0.5, 0.6) is 0 Å². The Bertz CT molecular complexity index is 487. The highest BCUT2D eigenvalue weighted by Crippen LogP contribution is 2.19. The maximum Gasteiger partial charge on any atom is 0.227 e. The first kappa shape index (κ1) is 20.0. The molecule has 3 rings (SSSR count). The van der Waals surface area contributed by atoms with Crippen molar-refractivity contribution < 1.29 is 9.18 Å². The number of rotatable bonds is 2. The van der Waals surface area contributed by atoms with Crippen molar-refractivity contribution in [1.82, 2.24) is 10.2 Å². The van der Waals surface area contributed by atoms with Crippen LogP contribution in [0, 0.1) is 11.7 Å². The smallest absolute Gasteiger partial charge is 0.227 e. The average Bonchev–Trinajstić information content (AvgIpc) is 2.56. The van der Waals surface area contributed by atoms with Gasteiger partial charge in [0.05, 0.1) is 5.92 Å². The number of halogens is 3. The van der Waals surface area contributed by atoms with E-state index in [1.807, 2.05) is 4.90 Å². The van der Waals surface area contributed by atoms with Crippen LogP contribution in [-0.4, -0.2) is 50.1 Å². The van der Waals surface area contributed by atoms with Crippen LogP contribution in [0.4, 0.5) is 10.1 Å². The Kier molecular flexibility index (Phi) is 8.09. The number of piperidine rings is 1. The summed E-state index contributed by atoms with van der Waals surface area (Å²) in [6.07, 6.45) is 2.09. The van der Waals surface area contributed by atoms with Crippen LogP contribution in [-0.2, 0) is 4.79 Å². The number of amides is 1. The molecule has 0 bridgehead atoms. The number of nitrogens with zero attached hydrogens (tertiary/aromatic N) is 2. The summed E-state index contributed by atoms with van der Waals surface area (Å²) in [6, 6.07) is 6.58. The van der Waals surface area contributed by atoms with Gasteiger partial charge in [-0.2, -0.15) is 0 Å². The van der Waals surface area contributed by atoms with E-state index in [0.717, 1.165) is 57.8 Å². The number of anilines is 1. The molecule has 0 spiro atoms. The Morgan fingerprint density at radius 3 is 2.30 bits per heavy atom. The lowest BCUT2D eigenvalue weighted by Gasteiger charge is -2.38. The summed E-state index contributed by atoms with van der Waals surface area (Å²) < 4.78 is 13.0. The molecule has 2 fully saturated rings. The molecule has 23 heavy (non-hydrogen) atoms. The number of carbonyl (C=O) groups excluding carboxylic acids is 1. The van der Waals surface area contributed by atoms with Gasteiger partial charge in [-0.05, 0) is 43.7 Å². The van der Waals surface area contributed by atoms with Crippen molar-refractivity contribution in [3.8, 4) is 0 Å². The van der Waals surface area contributed by atoms with Gasteiger partial charge in [-0.25, -0.2) is 4.39 Å². The molecule has 1 atom stereocenters. The zero-order valence-corrected chi connectivity index (χ0v) is 14.7. The van der Waals surface area contributed by atoms with Gasteiger partial charge < -0.3 is 15.1 Å². The number of nitrogens with one attached hydrogen (secondary N) is 1. The molecule has 0 radical (unpaired) electrons. The third kappa shape index (κ3) is 4.96. The monoisotopic (exact) mass is 363 g/mol. The Labute approximate surface area is 149 Å². The zero-order valence-electron chi connectivity index (χ0n) is 13.0. The Hall–Kier alpha value is -1.04. The van der Waals surface area contributed by atoms with Gasteiger partial charge in [0.2, 0.25) is 5.91 Å². The van der Waals surface area contributed by atoms with Gasteiger partial charge in [-0.1, -0.05) is 0 Å². The van der Waals surface area contributed by atoms with E-state index in [1.165, 1.54) is 12.1 Å². The Morgan fingerprint density at radius 2 is 1.74 bits per heavy atom. The summed E-state index contributed by atoms with van der Waals surface area (Å²) in [5.74, 6) is 0.231. The molecule has 2 saturated heterocycles. The molecule has 2 heterocycles. The first-order valence-electron chi connectivity index (χ1n) is 7.74.